The van der Waals surface area contributed by atoms with E-state index in [1.165, 1.54) is 11.8 Å². The standard InChI is InChI=1S/C18H19FN2O/c1-18(2)15(12-6-4-3-5-7-12)16(18)17(22)21-13-8-9-20-14(10-13)11-19/h3-10,15-16H,11H2,1-2H3,(H,20,21,22)/t15-,16+/m1/s1. The number of carbonyl (C=O) groups is 1. The average Bonchev–Trinajstić information content (AvgIpc) is 3.11. The quantitative estimate of drug-likeness (QED) is 0.929. The lowest BCUT2D eigenvalue weighted by molar-refractivity contribution is -0.118. The summed E-state index contributed by atoms with van der Waals surface area (Å²) >= 11 is 0. The van der Waals surface area contributed by atoms with E-state index in [0.717, 1.165) is 0 Å². The van der Waals surface area contributed by atoms with Gasteiger partial charge in [0.15, 0.2) is 0 Å². The minimum atomic E-state index is -0.634. The fourth-order valence-corrected chi connectivity index (χ4v) is 3.26. The molecular formula is C18H19FN2O. The van der Waals surface area contributed by atoms with E-state index in [1.54, 1.807) is 12.1 Å². The van der Waals surface area contributed by atoms with Crippen molar-refractivity contribution >= 4 is 11.6 Å². The van der Waals surface area contributed by atoms with Crippen molar-refractivity contribution in [3.05, 3.63) is 59.9 Å². The summed E-state index contributed by atoms with van der Waals surface area (Å²) in [6.07, 6.45) is 1.51. The number of anilines is 1. The number of carbonyl (C=O) groups excluding carboxylic acids is 1. The molecule has 0 spiro atoms. The van der Waals surface area contributed by atoms with E-state index in [4.69, 9.17) is 0 Å². The summed E-state index contributed by atoms with van der Waals surface area (Å²) in [5.74, 6) is 0.128. The van der Waals surface area contributed by atoms with Crippen molar-refractivity contribution in [2.75, 3.05) is 5.32 Å². The first-order chi connectivity index (χ1) is 10.5. The minimum Gasteiger partial charge on any atom is -0.326 e. The fourth-order valence-electron chi connectivity index (χ4n) is 3.26. The lowest BCUT2D eigenvalue weighted by Gasteiger charge is -2.06. The molecule has 1 fully saturated rings. The SMILES string of the molecule is CC1(C)[C@H](C(=O)Nc2ccnc(CF)c2)[C@H]1c1ccccc1. The number of amides is 1. The number of nitrogens with one attached hydrogen (secondary N) is 1. The zero-order valence-electron chi connectivity index (χ0n) is 12.7. The van der Waals surface area contributed by atoms with Crippen molar-refractivity contribution < 1.29 is 9.18 Å². The van der Waals surface area contributed by atoms with Crippen molar-refractivity contribution in [2.24, 2.45) is 11.3 Å². The highest BCUT2D eigenvalue weighted by Gasteiger charge is 2.62. The highest BCUT2D eigenvalue weighted by atomic mass is 19.1. The molecule has 114 valence electrons. The molecule has 3 rings (SSSR count). The van der Waals surface area contributed by atoms with Gasteiger partial charge in [-0.15, -0.1) is 0 Å². The van der Waals surface area contributed by atoms with Crippen LogP contribution in [-0.4, -0.2) is 10.9 Å². The number of pyridine rings is 1. The summed E-state index contributed by atoms with van der Waals surface area (Å²) < 4.78 is 12.6. The maximum absolute atomic E-state index is 12.6. The number of halogens is 1. The van der Waals surface area contributed by atoms with E-state index in [0.29, 0.717) is 11.4 Å². The Hall–Kier alpha value is -2.23. The molecule has 4 heteroatoms. The maximum atomic E-state index is 12.6. The van der Waals surface area contributed by atoms with Crippen LogP contribution in [0.3, 0.4) is 0 Å². The molecule has 1 amide bonds. The Morgan fingerprint density at radius 2 is 2.00 bits per heavy atom. The molecule has 1 aromatic heterocycles. The molecule has 0 radical (unpaired) electrons. The van der Waals surface area contributed by atoms with Crippen LogP contribution >= 0.6 is 0 Å². The van der Waals surface area contributed by atoms with Gasteiger partial charge in [0, 0.05) is 17.8 Å². The Bertz CT molecular complexity index is 684. The molecule has 1 N–H and O–H groups in total. The number of aromatic nitrogens is 1. The van der Waals surface area contributed by atoms with E-state index in [9.17, 15) is 9.18 Å². The lowest BCUT2D eigenvalue weighted by atomic mass is 10.0. The third-order valence-corrected chi connectivity index (χ3v) is 4.49. The predicted molar refractivity (Wildman–Crippen MR) is 84.1 cm³/mol. The number of nitrogens with zero attached hydrogens (tertiary/aromatic N) is 1. The van der Waals surface area contributed by atoms with Gasteiger partial charge in [-0.3, -0.25) is 9.78 Å². The topological polar surface area (TPSA) is 42.0 Å². The third kappa shape index (κ3) is 2.61. The van der Waals surface area contributed by atoms with Gasteiger partial charge in [-0.25, -0.2) is 4.39 Å². The van der Waals surface area contributed by atoms with Crippen LogP contribution in [0, 0.1) is 11.3 Å². The highest BCUT2D eigenvalue weighted by Crippen LogP contribution is 2.64. The number of hydrogen-bond acceptors (Lipinski definition) is 2. The van der Waals surface area contributed by atoms with Gasteiger partial charge in [-0.05, 0) is 23.1 Å². The normalized spacial score (nSPS) is 22.1. The van der Waals surface area contributed by atoms with Crippen molar-refractivity contribution in [3.8, 4) is 0 Å². The van der Waals surface area contributed by atoms with Gasteiger partial charge in [-0.2, -0.15) is 0 Å². The molecular weight excluding hydrogens is 279 g/mol. The smallest absolute Gasteiger partial charge is 0.228 e. The zero-order chi connectivity index (χ0) is 15.7. The number of alkyl halides is 1. The number of benzene rings is 1. The molecule has 2 aromatic rings. The minimum absolute atomic E-state index is 0.0186. The first-order valence-corrected chi connectivity index (χ1v) is 7.40. The second-order valence-electron chi connectivity index (χ2n) is 6.35. The molecule has 3 nitrogen and oxygen atoms in total. The van der Waals surface area contributed by atoms with Gasteiger partial charge in [0.05, 0.1) is 11.6 Å². The number of hydrogen-bond donors (Lipinski definition) is 1. The molecule has 0 saturated heterocycles. The second kappa shape index (κ2) is 5.52. The van der Waals surface area contributed by atoms with Crippen LogP contribution < -0.4 is 5.32 Å². The largest absolute Gasteiger partial charge is 0.326 e. The van der Waals surface area contributed by atoms with E-state index >= 15 is 0 Å². The first kappa shape index (κ1) is 14.7. The summed E-state index contributed by atoms with van der Waals surface area (Å²) in [6.45, 7) is 3.58. The highest BCUT2D eigenvalue weighted by molar-refractivity contribution is 5.96. The molecule has 1 aromatic carbocycles. The third-order valence-electron chi connectivity index (χ3n) is 4.49. The molecule has 0 aliphatic heterocycles. The number of rotatable bonds is 4. The Morgan fingerprint density at radius 3 is 2.68 bits per heavy atom. The summed E-state index contributed by atoms with van der Waals surface area (Å²) in [6, 6.07) is 13.4. The van der Waals surface area contributed by atoms with Crippen LogP contribution in [-0.2, 0) is 11.5 Å². The van der Waals surface area contributed by atoms with Crippen molar-refractivity contribution in [1.29, 1.82) is 0 Å². The van der Waals surface area contributed by atoms with Crippen LogP contribution in [0.15, 0.2) is 48.7 Å². The molecule has 1 aliphatic rings. The molecule has 22 heavy (non-hydrogen) atoms. The van der Waals surface area contributed by atoms with Gasteiger partial charge in [0.25, 0.3) is 0 Å². The van der Waals surface area contributed by atoms with Gasteiger partial charge in [0.1, 0.15) is 6.67 Å². The molecule has 1 heterocycles. The van der Waals surface area contributed by atoms with Crippen LogP contribution in [0.5, 0.6) is 0 Å². The Kier molecular flexibility index (Phi) is 3.69. The van der Waals surface area contributed by atoms with Gasteiger partial charge >= 0.3 is 0 Å². The average molecular weight is 298 g/mol. The van der Waals surface area contributed by atoms with Crippen LogP contribution in [0.4, 0.5) is 10.1 Å². The Morgan fingerprint density at radius 1 is 1.27 bits per heavy atom. The monoisotopic (exact) mass is 298 g/mol. The molecule has 0 bridgehead atoms. The Labute approximate surface area is 129 Å². The maximum Gasteiger partial charge on any atom is 0.228 e. The van der Waals surface area contributed by atoms with Gasteiger partial charge in [-0.1, -0.05) is 44.2 Å². The first-order valence-electron chi connectivity index (χ1n) is 7.40. The fraction of sp³-hybridized carbons (Fsp3) is 0.333. The van der Waals surface area contributed by atoms with E-state index in [1.807, 2.05) is 18.2 Å². The van der Waals surface area contributed by atoms with Gasteiger partial charge < -0.3 is 5.32 Å². The van der Waals surface area contributed by atoms with E-state index in [2.05, 4.69) is 36.3 Å². The zero-order valence-corrected chi connectivity index (χ0v) is 12.7. The van der Waals surface area contributed by atoms with Crippen molar-refractivity contribution in [1.82, 2.24) is 4.98 Å². The summed E-state index contributed by atoms with van der Waals surface area (Å²) in [4.78, 5) is 16.4. The van der Waals surface area contributed by atoms with Crippen molar-refractivity contribution in [3.63, 3.8) is 0 Å². The lowest BCUT2D eigenvalue weighted by Crippen LogP contribution is -2.17. The second-order valence-corrected chi connectivity index (χ2v) is 6.35. The van der Waals surface area contributed by atoms with Crippen LogP contribution in [0.2, 0.25) is 0 Å². The summed E-state index contributed by atoms with van der Waals surface area (Å²) in [5.41, 5.74) is 2.04. The van der Waals surface area contributed by atoms with E-state index < -0.39 is 6.67 Å². The van der Waals surface area contributed by atoms with Crippen LogP contribution in [0.25, 0.3) is 0 Å². The predicted octanol–water partition coefficient (Wildman–Crippen LogP) is 3.93. The summed E-state index contributed by atoms with van der Waals surface area (Å²) in [7, 11) is 0. The van der Waals surface area contributed by atoms with Crippen LogP contribution in [0.1, 0.15) is 31.0 Å². The molecule has 1 saturated carbocycles. The van der Waals surface area contributed by atoms with Gasteiger partial charge in [0.2, 0.25) is 5.91 Å². The molecule has 1 aliphatic carbocycles. The van der Waals surface area contributed by atoms with E-state index in [-0.39, 0.29) is 23.2 Å². The van der Waals surface area contributed by atoms with Crippen molar-refractivity contribution in [2.45, 2.75) is 26.4 Å². The molecule has 2 atom stereocenters. The Balaban J connectivity index is 1.75. The molecule has 0 unspecified atom stereocenters. The summed E-state index contributed by atoms with van der Waals surface area (Å²) in [5, 5.41) is 2.89.